The Hall–Kier alpha value is -3.35. The number of aromatic nitrogens is 6. The molecule has 3 aromatic heterocycles. The van der Waals surface area contributed by atoms with E-state index in [1.54, 1.807) is 7.05 Å². The molecule has 12 nitrogen and oxygen atoms in total. The second-order valence-electron chi connectivity index (χ2n) is 5.18. The van der Waals surface area contributed by atoms with Crippen LogP contribution in [0.1, 0.15) is 18.6 Å². The maximum absolute atomic E-state index is 11.7. The van der Waals surface area contributed by atoms with Gasteiger partial charge in [0.2, 0.25) is 24.1 Å². The predicted octanol–water partition coefficient (Wildman–Crippen LogP) is 1.24. The van der Waals surface area contributed by atoms with Crippen LogP contribution in [0.5, 0.6) is 0 Å². The van der Waals surface area contributed by atoms with Gasteiger partial charge in [-0.2, -0.15) is 4.98 Å². The Kier molecular flexibility index (Phi) is 4.38. The van der Waals surface area contributed by atoms with E-state index >= 15 is 0 Å². The molecule has 0 aliphatic heterocycles. The smallest absolute Gasteiger partial charge is 0.358 e. The Morgan fingerprint density at radius 1 is 1.23 bits per heavy atom. The highest BCUT2D eigenvalue weighted by molar-refractivity contribution is 7.99. The number of aryl methyl sites for hydroxylation is 1. The molecule has 1 amide bonds. The van der Waals surface area contributed by atoms with E-state index in [1.807, 2.05) is 0 Å². The molecule has 13 heteroatoms. The Balaban J connectivity index is 2.18. The summed E-state index contributed by atoms with van der Waals surface area (Å²) < 4.78 is 2.67. The number of fused-ring (bicyclic) bond motifs is 1. The van der Waals surface area contributed by atoms with Gasteiger partial charge in [-0.1, -0.05) is 0 Å². The summed E-state index contributed by atoms with van der Waals surface area (Å²) >= 11 is 0.941. The summed E-state index contributed by atoms with van der Waals surface area (Å²) in [5, 5.41) is 14.1. The van der Waals surface area contributed by atoms with Crippen molar-refractivity contribution < 1.29 is 14.5 Å². The van der Waals surface area contributed by atoms with Gasteiger partial charge in [0.1, 0.15) is 16.9 Å². The largest absolute Gasteiger partial charge is 0.396 e. The van der Waals surface area contributed by atoms with E-state index in [0.29, 0.717) is 0 Å². The van der Waals surface area contributed by atoms with E-state index in [4.69, 9.17) is 0 Å². The highest BCUT2D eigenvalue weighted by atomic mass is 32.2. The van der Waals surface area contributed by atoms with Crippen LogP contribution in [0.3, 0.4) is 0 Å². The molecule has 134 valence electrons. The van der Waals surface area contributed by atoms with Crippen LogP contribution >= 0.6 is 11.8 Å². The number of imidazole rings is 2. The van der Waals surface area contributed by atoms with Crippen LogP contribution in [0, 0.1) is 10.1 Å². The topological polar surface area (TPSA) is 151 Å². The van der Waals surface area contributed by atoms with E-state index in [9.17, 15) is 19.7 Å². The molecule has 0 spiro atoms. The first-order valence-corrected chi connectivity index (χ1v) is 7.96. The Morgan fingerprint density at radius 3 is 2.58 bits per heavy atom. The SMILES string of the molecule is CC(=O)Nc1nc(Sc2c([N+](=O)[O-])ncn2C)c2ncn(C(C)=O)c2n1. The molecule has 0 bridgehead atoms. The van der Waals surface area contributed by atoms with Crippen LogP contribution in [-0.2, 0) is 11.8 Å². The van der Waals surface area contributed by atoms with E-state index in [2.05, 4.69) is 25.3 Å². The molecule has 0 atom stereocenters. The quantitative estimate of drug-likeness (QED) is 0.403. The molecular formula is C13H12N8O4S. The van der Waals surface area contributed by atoms with Crippen LogP contribution in [0.4, 0.5) is 11.8 Å². The average molecular weight is 376 g/mol. The minimum Gasteiger partial charge on any atom is -0.358 e. The number of nitrogens with one attached hydrogen (secondary N) is 1. The Bertz CT molecular complexity index is 1060. The third-order valence-electron chi connectivity index (χ3n) is 3.22. The summed E-state index contributed by atoms with van der Waals surface area (Å²) in [6.07, 6.45) is 2.59. The van der Waals surface area contributed by atoms with Crippen LogP contribution in [0.2, 0.25) is 0 Å². The van der Waals surface area contributed by atoms with Crippen molar-refractivity contribution in [1.29, 1.82) is 0 Å². The minimum absolute atomic E-state index is 0.0414. The van der Waals surface area contributed by atoms with Gasteiger partial charge in [-0.15, -0.1) is 0 Å². The van der Waals surface area contributed by atoms with Gasteiger partial charge in [-0.25, -0.2) is 9.97 Å². The number of rotatable bonds is 4. The monoisotopic (exact) mass is 376 g/mol. The molecule has 0 saturated carbocycles. The first-order chi connectivity index (χ1) is 12.3. The van der Waals surface area contributed by atoms with Crippen molar-refractivity contribution in [3.8, 4) is 0 Å². The van der Waals surface area contributed by atoms with Gasteiger partial charge < -0.3 is 14.7 Å². The third-order valence-corrected chi connectivity index (χ3v) is 4.36. The van der Waals surface area contributed by atoms with Crippen molar-refractivity contribution in [2.75, 3.05) is 5.32 Å². The van der Waals surface area contributed by atoms with E-state index < -0.39 is 10.8 Å². The molecule has 3 rings (SSSR count). The molecule has 0 radical (unpaired) electrons. The van der Waals surface area contributed by atoms with Crippen molar-refractivity contribution in [3.63, 3.8) is 0 Å². The van der Waals surface area contributed by atoms with Gasteiger partial charge >= 0.3 is 5.82 Å². The van der Waals surface area contributed by atoms with Crippen LogP contribution in [-0.4, -0.2) is 45.8 Å². The molecule has 0 unspecified atom stereocenters. The first-order valence-electron chi connectivity index (χ1n) is 7.15. The number of hydrogen-bond acceptors (Lipinski definition) is 9. The summed E-state index contributed by atoms with van der Waals surface area (Å²) in [4.78, 5) is 49.8. The number of hydrogen-bond donors (Lipinski definition) is 1. The molecule has 0 aliphatic rings. The second-order valence-corrected chi connectivity index (χ2v) is 6.16. The van der Waals surface area contributed by atoms with Crippen LogP contribution < -0.4 is 5.32 Å². The molecule has 26 heavy (non-hydrogen) atoms. The molecule has 1 N–H and O–H groups in total. The third kappa shape index (κ3) is 3.11. The van der Waals surface area contributed by atoms with E-state index in [-0.39, 0.29) is 38.9 Å². The molecular weight excluding hydrogens is 364 g/mol. The van der Waals surface area contributed by atoms with Crippen LogP contribution in [0.25, 0.3) is 11.2 Å². The molecule has 0 aromatic carbocycles. The fraction of sp³-hybridized carbons (Fsp3) is 0.231. The van der Waals surface area contributed by atoms with E-state index in [0.717, 1.165) is 11.8 Å². The first kappa shape index (κ1) is 17.5. The molecule has 0 saturated heterocycles. The summed E-state index contributed by atoms with van der Waals surface area (Å²) in [5.41, 5.74) is 0.457. The molecule has 0 fully saturated rings. The molecule has 3 aromatic rings. The number of amides is 1. The highest BCUT2D eigenvalue weighted by Gasteiger charge is 2.24. The minimum atomic E-state index is -0.608. The second kappa shape index (κ2) is 6.51. The van der Waals surface area contributed by atoms with Gasteiger partial charge in [-0.3, -0.25) is 19.5 Å². The van der Waals surface area contributed by atoms with Crippen molar-refractivity contribution in [1.82, 2.24) is 29.1 Å². The number of nitrogens with zero attached hydrogens (tertiary/aromatic N) is 7. The standard InChI is InChI=1S/C13H12N8O4S/c1-6(22)16-13-17-9-8(14-5-20(9)7(2)23)11(18-13)26-12-10(21(24)25)15-4-19(12)3/h4-5H,1-3H3,(H,16,17,18,22). The summed E-state index contributed by atoms with van der Waals surface area (Å²) in [6, 6.07) is 0. The lowest BCUT2D eigenvalue weighted by atomic mass is 10.5. The van der Waals surface area contributed by atoms with Gasteiger partial charge in [0.05, 0.1) is 0 Å². The maximum Gasteiger partial charge on any atom is 0.396 e. The zero-order valence-electron chi connectivity index (χ0n) is 13.8. The van der Waals surface area contributed by atoms with Crippen molar-refractivity contribution in [3.05, 3.63) is 22.8 Å². The Morgan fingerprint density at radius 2 is 1.96 bits per heavy atom. The Labute approximate surface area is 149 Å². The lowest BCUT2D eigenvalue weighted by molar-refractivity contribution is -0.392. The molecule has 0 aliphatic carbocycles. The summed E-state index contributed by atoms with van der Waals surface area (Å²) in [6.45, 7) is 2.62. The number of carbonyl (C=O) groups excluding carboxylic acids is 2. The zero-order valence-corrected chi connectivity index (χ0v) is 14.6. The highest BCUT2D eigenvalue weighted by Crippen LogP contribution is 2.36. The lowest BCUT2D eigenvalue weighted by Crippen LogP contribution is -2.12. The number of anilines is 1. The summed E-state index contributed by atoms with van der Waals surface area (Å²) in [5.74, 6) is -1.11. The normalized spacial score (nSPS) is 10.9. The number of nitro groups is 1. The summed E-state index contributed by atoms with van der Waals surface area (Å²) in [7, 11) is 1.60. The fourth-order valence-corrected chi connectivity index (χ4v) is 3.10. The van der Waals surface area contributed by atoms with Gasteiger partial charge in [0.15, 0.2) is 10.7 Å². The fourth-order valence-electron chi connectivity index (χ4n) is 2.13. The predicted molar refractivity (Wildman–Crippen MR) is 89.9 cm³/mol. The van der Waals surface area contributed by atoms with Gasteiger partial charge in [0, 0.05) is 20.9 Å². The van der Waals surface area contributed by atoms with Gasteiger partial charge in [-0.05, 0) is 21.7 Å². The number of carbonyl (C=O) groups is 2. The van der Waals surface area contributed by atoms with E-state index in [1.165, 1.54) is 35.6 Å². The van der Waals surface area contributed by atoms with Crippen molar-refractivity contribution in [2.45, 2.75) is 23.9 Å². The zero-order chi connectivity index (χ0) is 19.0. The van der Waals surface area contributed by atoms with Crippen molar-refractivity contribution >= 4 is 46.5 Å². The van der Waals surface area contributed by atoms with Crippen molar-refractivity contribution in [2.24, 2.45) is 7.05 Å². The van der Waals surface area contributed by atoms with Gasteiger partial charge in [0.25, 0.3) is 0 Å². The average Bonchev–Trinajstić information content (AvgIpc) is 3.11. The lowest BCUT2D eigenvalue weighted by Gasteiger charge is -2.06. The van der Waals surface area contributed by atoms with Crippen LogP contribution in [0.15, 0.2) is 22.7 Å². The maximum atomic E-state index is 11.7. The molecule has 3 heterocycles.